The molecule has 0 aliphatic rings. The van der Waals surface area contributed by atoms with Crippen LogP contribution in [0.15, 0.2) is 0 Å². The van der Waals surface area contributed by atoms with Crippen LogP contribution in [0, 0.1) is 0 Å². The van der Waals surface area contributed by atoms with E-state index in [4.69, 9.17) is 10.2 Å². The summed E-state index contributed by atoms with van der Waals surface area (Å²) in [4.78, 5) is 30.7. The number of nitrogens with one attached hydrogen (secondary N) is 1. The van der Waals surface area contributed by atoms with E-state index in [-0.39, 0.29) is 12.8 Å². The molecule has 15 heavy (non-hydrogen) atoms. The second-order valence-electron chi connectivity index (χ2n) is 2.33. The maximum atomic E-state index is 10.4. The van der Waals surface area contributed by atoms with Crippen molar-refractivity contribution in [2.24, 2.45) is 5.73 Å². The number of hydrogen-bond donors (Lipinski definition) is 4. The van der Waals surface area contributed by atoms with Crippen LogP contribution in [-0.4, -0.2) is 34.2 Å². The van der Waals surface area contributed by atoms with E-state index in [2.05, 4.69) is 5.73 Å². The Morgan fingerprint density at radius 3 is 2.00 bits per heavy atom. The lowest BCUT2D eigenvalue weighted by Crippen LogP contribution is -2.43. The summed E-state index contributed by atoms with van der Waals surface area (Å²) in [5.74, 6) is -2.43. The van der Waals surface area contributed by atoms with Gasteiger partial charge in [-0.15, -0.1) is 0 Å². The molecule has 2 amide bonds. The number of rotatable bonds is 5. The molecule has 0 rings (SSSR count). The van der Waals surface area contributed by atoms with Gasteiger partial charge in [-0.1, -0.05) is 13.8 Å². The Hall–Kier alpha value is -1.79. The van der Waals surface area contributed by atoms with Gasteiger partial charge in [0.2, 0.25) is 0 Å². The fraction of sp³-hybridized carbons (Fsp3) is 0.625. The van der Waals surface area contributed by atoms with Crippen molar-refractivity contribution in [2.45, 2.75) is 32.7 Å². The minimum Gasteiger partial charge on any atom is -0.481 e. The molecule has 0 aromatic carbocycles. The molecule has 88 valence electrons. The van der Waals surface area contributed by atoms with E-state index in [1.165, 1.54) is 0 Å². The number of nitrogens with two attached hydrogens (primary N) is 1. The summed E-state index contributed by atoms with van der Waals surface area (Å²) >= 11 is 0. The lowest BCUT2D eigenvalue weighted by Gasteiger charge is -2.10. The van der Waals surface area contributed by atoms with Gasteiger partial charge in [0, 0.05) is 6.42 Å². The van der Waals surface area contributed by atoms with Gasteiger partial charge in [0.25, 0.3) is 0 Å². The molecule has 0 aliphatic carbocycles. The first kappa shape index (κ1) is 15.7. The molecule has 0 aromatic rings. The minimum absolute atomic E-state index is 0.187. The number of amides is 2. The molecule has 0 heterocycles. The van der Waals surface area contributed by atoms with Crippen LogP contribution in [0.25, 0.3) is 0 Å². The summed E-state index contributed by atoms with van der Waals surface area (Å²) in [6, 6.07) is -2.23. The van der Waals surface area contributed by atoms with Crippen LogP contribution in [-0.2, 0) is 9.59 Å². The first-order valence-corrected chi connectivity index (χ1v) is 4.44. The molecule has 0 fully saturated rings. The van der Waals surface area contributed by atoms with Crippen molar-refractivity contribution in [2.75, 3.05) is 0 Å². The highest BCUT2D eigenvalue weighted by Crippen LogP contribution is 1.97. The van der Waals surface area contributed by atoms with Gasteiger partial charge in [-0.25, -0.2) is 9.59 Å². The largest absolute Gasteiger partial charge is 0.481 e. The predicted octanol–water partition coefficient (Wildman–Crippen LogP) is -0.00110. The van der Waals surface area contributed by atoms with Gasteiger partial charge in [-0.2, -0.15) is 0 Å². The summed E-state index contributed by atoms with van der Waals surface area (Å²) in [6.45, 7) is 4.00. The van der Waals surface area contributed by atoms with Crippen LogP contribution in [0.1, 0.15) is 26.7 Å². The van der Waals surface area contributed by atoms with E-state index < -0.39 is 24.0 Å². The maximum absolute atomic E-state index is 10.4. The third-order valence-electron chi connectivity index (χ3n) is 1.26. The van der Waals surface area contributed by atoms with Crippen LogP contribution < -0.4 is 11.1 Å². The van der Waals surface area contributed by atoms with Crippen LogP contribution in [0.2, 0.25) is 0 Å². The quantitative estimate of drug-likeness (QED) is 0.518. The number of primary amides is 1. The lowest BCUT2D eigenvalue weighted by molar-refractivity contribution is -0.140. The van der Waals surface area contributed by atoms with Crippen molar-refractivity contribution in [3.8, 4) is 0 Å². The molecule has 0 saturated carbocycles. The molecule has 0 unspecified atom stereocenters. The summed E-state index contributed by atoms with van der Waals surface area (Å²) in [7, 11) is 0. The van der Waals surface area contributed by atoms with Crippen LogP contribution >= 0.6 is 0 Å². The summed E-state index contributed by atoms with van der Waals surface area (Å²) in [5.41, 5.74) is 4.68. The number of carbonyl (C=O) groups excluding carboxylic acids is 1. The maximum Gasteiger partial charge on any atom is 0.326 e. The van der Waals surface area contributed by atoms with E-state index in [0.717, 1.165) is 0 Å². The van der Waals surface area contributed by atoms with Gasteiger partial charge in [0.15, 0.2) is 0 Å². The number of carboxylic acids is 2. The van der Waals surface area contributed by atoms with Crippen LogP contribution in [0.5, 0.6) is 0 Å². The van der Waals surface area contributed by atoms with Crippen molar-refractivity contribution in [1.29, 1.82) is 0 Å². The number of urea groups is 1. The van der Waals surface area contributed by atoms with Gasteiger partial charge in [-0.3, -0.25) is 4.79 Å². The van der Waals surface area contributed by atoms with Crippen molar-refractivity contribution in [1.82, 2.24) is 5.32 Å². The zero-order valence-corrected chi connectivity index (χ0v) is 8.69. The number of carbonyl (C=O) groups is 3. The predicted molar refractivity (Wildman–Crippen MR) is 52.4 cm³/mol. The molecule has 0 aromatic heterocycles. The fourth-order valence-corrected chi connectivity index (χ4v) is 0.697. The van der Waals surface area contributed by atoms with Gasteiger partial charge in [0.1, 0.15) is 6.04 Å². The summed E-state index contributed by atoms with van der Waals surface area (Å²) in [5, 5.41) is 18.6. The van der Waals surface area contributed by atoms with Crippen molar-refractivity contribution < 1.29 is 24.6 Å². The summed E-state index contributed by atoms with van der Waals surface area (Å²) in [6.07, 6.45) is -0.523. The number of carboxylic acid groups (broad SMARTS) is 2. The zero-order valence-electron chi connectivity index (χ0n) is 8.69. The zero-order chi connectivity index (χ0) is 12.4. The van der Waals surface area contributed by atoms with Crippen LogP contribution in [0.4, 0.5) is 4.79 Å². The van der Waals surface area contributed by atoms with Crippen molar-refractivity contribution >= 4 is 18.0 Å². The summed E-state index contributed by atoms with van der Waals surface area (Å²) < 4.78 is 0. The molecule has 0 aliphatic heterocycles. The molecule has 0 bridgehead atoms. The van der Waals surface area contributed by atoms with Gasteiger partial charge < -0.3 is 21.3 Å². The Bertz CT molecular complexity index is 229. The monoisotopic (exact) mass is 220 g/mol. The third kappa shape index (κ3) is 10.1. The molecular formula is C8H16N2O5. The SMILES string of the molecule is CC.NC(=O)N[C@@H](CCC(=O)O)C(=O)O. The molecule has 7 heteroatoms. The topological polar surface area (TPSA) is 130 Å². The smallest absolute Gasteiger partial charge is 0.326 e. The van der Waals surface area contributed by atoms with E-state index in [1.807, 2.05) is 19.2 Å². The van der Waals surface area contributed by atoms with Crippen LogP contribution in [0.3, 0.4) is 0 Å². The average molecular weight is 220 g/mol. The highest BCUT2D eigenvalue weighted by atomic mass is 16.4. The Kier molecular flexibility index (Phi) is 9.19. The van der Waals surface area contributed by atoms with E-state index in [0.29, 0.717) is 0 Å². The Balaban J connectivity index is 0. The molecule has 0 spiro atoms. The van der Waals surface area contributed by atoms with E-state index >= 15 is 0 Å². The standard InChI is InChI=1S/C6H10N2O5.C2H6/c7-6(13)8-3(5(11)12)1-2-4(9)10;1-2/h3H,1-2H2,(H,9,10)(H,11,12)(H3,7,8,13);1-2H3/t3-;/m0./s1. The fourth-order valence-electron chi connectivity index (χ4n) is 0.697. The van der Waals surface area contributed by atoms with E-state index in [1.54, 1.807) is 0 Å². The normalized spacial score (nSPS) is 10.5. The molecule has 0 radical (unpaired) electrons. The molecule has 5 N–H and O–H groups in total. The van der Waals surface area contributed by atoms with E-state index in [9.17, 15) is 14.4 Å². The number of hydrogen-bond acceptors (Lipinski definition) is 3. The highest BCUT2D eigenvalue weighted by Gasteiger charge is 2.19. The first-order chi connectivity index (χ1) is 6.93. The molecule has 1 atom stereocenters. The second-order valence-corrected chi connectivity index (χ2v) is 2.33. The minimum atomic E-state index is -1.31. The van der Waals surface area contributed by atoms with Crippen molar-refractivity contribution in [3.63, 3.8) is 0 Å². The van der Waals surface area contributed by atoms with Gasteiger partial charge >= 0.3 is 18.0 Å². The van der Waals surface area contributed by atoms with Gasteiger partial charge in [-0.05, 0) is 6.42 Å². The average Bonchev–Trinajstić information content (AvgIpc) is 2.14. The van der Waals surface area contributed by atoms with Crippen molar-refractivity contribution in [3.05, 3.63) is 0 Å². The Morgan fingerprint density at radius 1 is 1.27 bits per heavy atom. The Morgan fingerprint density at radius 2 is 1.73 bits per heavy atom. The Labute approximate surface area is 87.3 Å². The second kappa shape index (κ2) is 8.79. The first-order valence-electron chi connectivity index (χ1n) is 4.44. The molecule has 7 nitrogen and oxygen atoms in total. The van der Waals surface area contributed by atoms with Gasteiger partial charge in [0.05, 0.1) is 0 Å². The molecular weight excluding hydrogens is 204 g/mol. The lowest BCUT2D eigenvalue weighted by atomic mass is 10.1. The molecule has 0 saturated heterocycles. The highest BCUT2D eigenvalue weighted by molar-refractivity contribution is 5.82. The number of aliphatic carboxylic acids is 2. The third-order valence-corrected chi connectivity index (χ3v) is 1.26.